The van der Waals surface area contributed by atoms with Gasteiger partial charge in [0, 0.05) is 22.3 Å². The third-order valence-corrected chi connectivity index (χ3v) is 4.50. The summed E-state index contributed by atoms with van der Waals surface area (Å²) in [6, 6.07) is 17.6. The molecule has 2 aromatic carbocycles. The van der Waals surface area contributed by atoms with Gasteiger partial charge in [-0.2, -0.15) is 5.10 Å². The summed E-state index contributed by atoms with van der Waals surface area (Å²) in [6.45, 7) is 1.96. The molecule has 126 valence electrons. The van der Waals surface area contributed by atoms with Crippen molar-refractivity contribution in [1.29, 1.82) is 0 Å². The number of nitrogens with one attached hydrogen (secondary N) is 1. The molecule has 0 saturated carbocycles. The van der Waals surface area contributed by atoms with Gasteiger partial charge in [-0.3, -0.25) is 4.79 Å². The normalized spacial score (nSPS) is 12.2. The average Bonchev–Trinajstić information content (AvgIpc) is 3.10. The molecule has 25 heavy (non-hydrogen) atoms. The third kappa shape index (κ3) is 4.45. The molecule has 0 saturated heterocycles. The van der Waals surface area contributed by atoms with Crippen molar-refractivity contribution in [2.75, 3.05) is 0 Å². The highest BCUT2D eigenvalue weighted by Crippen LogP contribution is 2.22. The molecular weight excluding hydrogens is 378 g/mol. The van der Waals surface area contributed by atoms with Crippen LogP contribution >= 0.6 is 15.9 Å². The number of hydrogen-bond donors (Lipinski definition) is 1. The van der Waals surface area contributed by atoms with Gasteiger partial charge in [-0.15, -0.1) is 0 Å². The summed E-state index contributed by atoms with van der Waals surface area (Å²) < 4.78 is 2.76. The van der Waals surface area contributed by atoms with Crippen molar-refractivity contribution in [3.8, 4) is 5.69 Å². The number of carbonyl (C=O) groups is 1. The van der Waals surface area contributed by atoms with Crippen molar-refractivity contribution in [1.82, 2.24) is 15.1 Å². The highest BCUT2D eigenvalue weighted by atomic mass is 79.9. The second-order valence-corrected chi connectivity index (χ2v) is 6.49. The lowest BCUT2D eigenvalue weighted by molar-refractivity contribution is -0.117. The van der Waals surface area contributed by atoms with E-state index in [0.717, 1.165) is 21.3 Å². The molecule has 0 aliphatic carbocycles. The molecule has 1 aromatic heterocycles. The largest absolute Gasteiger partial charge is 0.346 e. The number of carbonyl (C=O) groups excluding carboxylic acids is 1. The number of halogens is 1. The number of nitrogens with zero attached hydrogens (tertiary/aromatic N) is 2. The highest BCUT2D eigenvalue weighted by molar-refractivity contribution is 9.10. The first-order chi connectivity index (χ1) is 12.1. The van der Waals surface area contributed by atoms with Crippen LogP contribution in [0.25, 0.3) is 11.8 Å². The molecule has 0 aliphatic heterocycles. The van der Waals surface area contributed by atoms with Gasteiger partial charge in [0.05, 0.1) is 17.9 Å². The minimum absolute atomic E-state index is 0.0835. The van der Waals surface area contributed by atoms with Crippen LogP contribution in [0.15, 0.2) is 77.5 Å². The van der Waals surface area contributed by atoms with E-state index in [4.69, 9.17) is 0 Å². The maximum absolute atomic E-state index is 12.1. The summed E-state index contributed by atoms with van der Waals surface area (Å²) in [7, 11) is 0. The SMILES string of the molecule is C[C@H](NC(=O)/C=C/c1cnn(-c2ccccc2)c1)c1ccccc1Br. The van der Waals surface area contributed by atoms with Crippen molar-refractivity contribution >= 4 is 27.9 Å². The van der Waals surface area contributed by atoms with Crippen molar-refractivity contribution in [3.05, 3.63) is 88.7 Å². The van der Waals surface area contributed by atoms with Gasteiger partial charge in [0.25, 0.3) is 0 Å². The zero-order valence-corrected chi connectivity index (χ0v) is 15.3. The molecule has 0 fully saturated rings. The molecule has 0 unspecified atom stereocenters. The topological polar surface area (TPSA) is 46.9 Å². The summed E-state index contributed by atoms with van der Waals surface area (Å²) in [5.74, 6) is -0.143. The van der Waals surface area contributed by atoms with Crippen LogP contribution in [-0.2, 0) is 4.79 Å². The minimum Gasteiger partial charge on any atom is -0.346 e. The summed E-state index contributed by atoms with van der Waals surface area (Å²) in [4.78, 5) is 12.1. The Kier molecular flexibility index (Phi) is 5.46. The zero-order chi connectivity index (χ0) is 17.6. The first kappa shape index (κ1) is 17.2. The Morgan fingerprint density at radius 2 is 1.88 bits per heavy atom. The smallest absolute Gasteiger partial charge is 0.244 e. The molecular formula is C20H18BrN3O. The zero-order valence-electron chi connectivity index (χ0n) is 13.8. The lowest BCUT2D eigenvalue weighted by Crippen LogP contribution is -2.24. The van der Waals surface area contributed by atoms with Crippen LogP contribution in [0.4, 0.5) is 0 Å². The van der Waals surface area contributed by atoms with Crippen LogP contribution in [0.5, 0.6) is 0 Å². The van der Waals surface area contributed by atoms with Gasteiger partial charge in [0.2, 0.25) is 5.91 Å². The predicted octanol–water partition coefficient (Wildman–Crippen LogP) is 4.53. The molecule has 0 aliphatic rings. The van der Waals surface area contributed by atoms with E-state index in [0.29, 0.717) is 0 Å². The van der Waals surface area contributed by atoms with Crippen molar-refractivity contribution < 1.29 is 4.79 Å². The van der Waals surface area contributed by atoms with E-state index in [1.165, 1.54) is 6.08 Å². The van der Waals surface area contributed by atoms with E-state index < -0.39 is 0 Å². The molecule has 0 bridgehead atoms. The number of hydrogen-bond acceptors (Lipinski definition) is 2. The fraction of sp³-hybridized carbons (Fsp3) is 0.100. The van der Waals surface area contributed by atoms with E-state index in [9.17, 15) is 4.79 Å². The Bertz CT molecular complexity index is 887. The summed E-state index contributed by atoms with van der Waals surface area (Å²) in [5, 5.41) is 7.27. The number of para-hydroxylation sites is 1. The van der Waals surface area contributed by atoms with Crippen molar-refractivity contribution in [2.24, 2.45) is 0 Å². The molecule has 1 N–H and O–H groups in total. The fourth-order valence-electron chi connectivity index (χ4n) is 2.48. The van der Waals surface area contributed by atoms with Gasteiger partial charge in [-0.25, -0.2) is 4.68 Å². The lowest BCUT2D eigenvalue weighted by Gasteiger charge is -2.14. The van der Waals surface area contributed by atoms with Crippen LogP contribution < -0.4 is 5.32 Å². The first-order valence-corrected chi connectivity index (χ1v) is 8.76. The monoisotopic (exact) mass is 395 g/mol. The Hall–Kier alpha value is -2.66. The van der Waals surface area contributed by atoms with Crippen LogP contribution in [0, 0.1) is 0 Å². The summed E-state index contributed by atoms with van der Waals surface area (Å²) >= 11 is 3.51. The van der Waals surface area contributed by atoms with Gasteiger partial charge in [0.15, 0.2) is 0 Å². The molecule has 5 heteroatoms. The van der Waals surface area contributed by atoms with Gasteiger partial charge in [-0.05, 0) is 36.8 Å². The summed E-state index contributed by atoms with van der Waals surface area (Å²) in [6.07, 6.45) is 6.90. The molecule has 4 nitrogen and oxygen atoms in total. The molecule has 1 heterocycles. The highest BCUT2D eigenvalue weighted by Gasteiger charge is 2.10. The van der Waals surface area contributed by atoms with Crippen LogP contribution in [0.3, 0.4) is 0 Å². The minimum atomic E-state index is -0.143. The molecule has 3 aromatic rings. The number of aromatic nitrogens is 2. The van der Waals surface area contributed by atoms with Crippen LogP contribution in [-0.4, -0.2) is 15.7 Å². The molecule has 3 rings (SSSR count). The molecule has 1 amide bonds. The quantitative estimate of drug-likeness (QED) is 0.645. The third-order valence-electron chi connectivity index (χ3n) is 3.78. The van der Waals surface area contributed by atoms with E-state index in [-0.39, 0.29) is 11.9 Å². The molecule has 0 radical (unpaired) electrons. The fourth-order valence-corrected chi connectivity index (χ4v) is 3.11. The predicted molar refractivity (Wildman–Crippen MR) is 103 cm³/mol. The van der Waals surface area contributed by atoms with Crippen LogP contribution in [0.2, 0.25) is 0 Å². The maximum Gasteiger partial charge on any atom is 0.244 e. The van der Waals surface area contributed by atoms with Crippen molar-refractivity contribution in [3.63, 3.8) is 0 Å². The van der Waals surface area contributed by atoms with E-state index in [1.54, 1.807) is 17.0 Å². The Morgan fingerprint density at radius 1 is 1.16 bits per heavy atom. The number of benzene rings is 2. The van der Waals surface area contributed by atoms with Crippen LogP contribution in [0.1, 0.15) is 24.1 Å². The van der Waals surface area contributed by atoms with Gasteiger partial charge in [-0.1, -0.05) is 52.3 Å². The van der Waals surface area contributed by atoms with Crippen molar-refractivity contribution in [2.45, 2.75) is 13.0 Å². The standard InChI is InChI=1S/C20H18BrN3O/c1-15(18-9-5-6-10-19(18)21)23-20(25)12-11-16-13-22-24(14-16)17-7-3-2-4-8-17/h2-15H,1H3,(H,23,25)/b12-11+/t15-/m0/s1. The Labute approximate surface area is 155 Å². The second-order valence-electron chi connectivity index (χ2n) is 5.64. The maximum atomic E-state index is 12.1. The molecule has 1 atom stereocenters. The summed E-state index contributed by atoms with van der Waals surface area (Å²) in [5.41, 5.74) is 2.89. The van der Waals surface area contributed by atoms with Gasteiger partial charge >= 0.3 is 0 Å². The number of amides is 1. The molecule has 0 spiro atoms. The Balaban J connectivity index is 1.63. The number of rotatable bonds is 5. The van der Waals surface area contributed by atoms with E-state index in [2.05, 4.69) is 26.3 Å². The van der Waals surface area contributed by atoms with Gasteiger partial charge < -0.3 is 5.32 Å². The lowest BCUT2D eigenvalue weighted by atomic mass is 10.1. The first-order valence-electron chi connectivity index (χ1n) is 7.96. The van der Waals surface area contributed by atoms with Gasteiger partial charge in [0.1, 0.15) is 0 Å². The van der Waals surface area contributed by atoms with E-state index >= 15 is 0 Å². The second kappa shape index (κ2) is 7.94. The average molecular weight is 396 g/mol. The Morgan fingerprint density at radius 3 is 2.64 bits per heavy atom. The van der Waals surface area contributed by atoms with E-state index in [1.807, 2.05) is 67.7 Å².